The SMILES string of the molecule is CC(C)(C)c1cc(Cl)nc(Br)n1. The van der Waals surface area contributed by atoms with Crippen LogP contribution < -0.4 is 0 Å². The van der Waals surface area contributed by atoms with Crippen LogP contribution in [0.5, 0.6) is 0 Å². The minimum absolute atomic E-state index is 0.00903. The van der Waals surface area contributed by atoms with Crippen LogP contribution in [0.25, 0.3) is 0 Å². The van der Waals surface area contributed by atoms with E-state index >= 15 is 0 Å². The summed E-state index contributed by atoms with van der Waals surface area (Å²) in [5.41, 5.74) is 0.948. The molecule has 0 atom stereocenters. The molecule has 0 amide bonds. The molecule has 0 aliphatic rings. The fourth-order valence-electron chi connectivity index (χ4n) is 0.774. The van der Waals surface area contributed by atoms with Crippen LogP contribution in [0.3, 0.4) is 0 Å². The van der Waals surface area contributed by atoms with E-state index in [1.807, 2.05) is 0 Å². The van der Waals surface area contributed by atoms with Crippen molar-refractivity contribution in [3.05, 3.63) is 21.6 Å². The first-order valence-corrected chi connectivity index (χ1v) is 4.77. The predicted octanol–water partition coefficient (Wildman–Crippen LogP) is 3.19. The van der Waals surface area contributed by atoms with E-state index in [2.05, 4.69) is 46.7 Å². The fourth-order valence-corrected chi connectivity index (χ4v) is 1.44. The van der Waals surface area contributed by atoms with Gasteiger partial charge in [-0.25, -0.2) is 9.97 Å². The topological polar surface area (TPSA) is 25.8 Å². The first kappa shape index (κ1) is 9.93. The number of rotatable bonds is 0. The molecule has 0 radical (unpaired) electrons. The molecule has 0 fully saturated rings. The van der Waals surface area contributed by atoms with Gasteiger partial charge in [0.1, 0.15) is 5.15 Å². The number of aromatic nitrogens is 2. The van der Waals surface area contributed by atoms with E-state index in [0.717, 1.165) is 5.69 Å². The summed E-state index contributed by atoms with van der Waals surface area (Å²) in [6, 6.07) is 1.78. The summed E-state index contributed by atoms with van der Waals surface area (Å²) < 4.78 is 0.542. The Bertz CT molecular complexity index is 273. The summed E-state index contributed by atoms with van der Waals surface area (Å²) in [6.45, 7) is 6.24. The van der Waals surface area contributed by atoms with E-state index in [0.29, 0.717) is 9.89 Å². The minimum atomic E-state index is 0.00903. The average Bonchev–Trinajstić information content (AvgIpc) is 1.82. The Hall–Kier alpha value is -0.150. The Kier molecular flexibility index (Phi) is 2.74. The quantitative estimate of drug-likeness (QED) is 0.521. The number of hydrogen-bond acceptors (Lipinski definition) is 2. The Balaban J connectivity index is 3.18. The summed E-state index contributed by atoms with van der Waals surface area (Å²) in [5.74, 6) is 0. The van der Waals surface area contributed by atoms with Gasteiger partial charge in [0.2, 0.25) is 0 Å². The highest BCUT2D eigenvalue weighted by atomic mass is 79.9. The lowest BCUT2D eigenvalue weighted by Gasteiger charge is -2.17. The fraction of sp³-hybridized carbons (Fsp3) is 0.500. The molecule has 4 heteroatoms. The van der Waals surface area contributed by atoms with E-state index in [1.165, 1.54) is 0 Å². The third-order valence-corrected chi connectivity index (χ3v) is 1.98. The van der Waals surface area contributed by atoms with Crippen LogP contribution in [-0.2, 0) is 5.41 Å². The molecule has 1 rings (SSSR count). The molecular weight excluding hydrogens is 239 g/mol. The summed E-state index contributed by atoms with van der Waals surface area (Å²) in [6.07, 6.45) is 0. The summed E-state index contributed by atoms with van der Waals surface area (Å²) in [7, 11) is 0. The Labute approximate surface area is 85.5 Å². The van der Waals surface area contributed by atoms with E-state index in [1.54, 1.807) is 6.07 Å². The van der Waals surface area contributed by atoms with Gasteiger partial charge in [0, 0.05) is 5.41 Å². The molecule has 0 aromatic carbocycles. The van der Waals surface area contributed by atoms with E-state index in [4.69, 9.17) is 11.6 Å². The second-order valence-electron chi connectivity index (χ2n) is 3.59. The zero-order valence-corrected chi connectivity index (χ0v) is 9.57. The number of nitrogens with zero attached hydrogens (tertiary/aromatic N) is 2. The van der Waals surface area contributed by atoms with Crippen LogP contribution in [0.15, 0.2) is 10.8 Å². The molecule has 12 heavy (non-hydrogen) atoms. The van der Waals surface area contributed by atoms with E-state index in [9.17, 15) is 0 Å². The normalized spacial score (nSPS) is 11.8. The lowest BCUT2D eigenvalue weighted by Crippen LogP contribution is -2.13. The third-order valence-electron chi connectivity index (χ3n) is 1.44. The zero-order chi connectivity index (χ0) is 9.35. The molecule has 0 aliphatic heterocycles. The first-order valence-electron chi connectivity index (χ1n) is 3.60. The van der Waals surface area contributed by atoms with Crippen LogP contribution in [0.2, 0.25) is 5.15 Å². The molecule has 0 N–H and O–H groups in total. The molecule has 0 unspecified atom stereocenters. The van der Waals surface area contributed by atoms with Gasteiger partial charge >= 0.3 is 0 Å². The summed E-state index contributed by atoms with van der Waals surface area (Å²) in [5, 5.41) is 0.474. The number of halogens is 2. The van der Waals surface area contributed by atoms with Gasteiger partial charge in [-0.15, -0.1) is 0 Å². The van der Waals surface area contributed by atoms with Crippen molar-refractivity contribution < 1.29 is 0 Å². The predicted molar refractivity (Wildman–Crippen MR) is 53.4 cm³/mol. The van der Waals surface area contributed by atoms with Crippen LogP contribution in [0.4, 0.5) is 0 Å². The van der Waals surface area contributed by atoms with Gasteiger partial charge < -0.3 is 0 Å². The van der Waals surface area contributed by atoms with Gasteiger partial charge in [-0.3, -0.25) is 0 Å². The molecule has 0 aliphatic carbocycles. The molecule has 0 bridgehead atoms. The van der Waals surface area contributed by atoms with Crippen molar-refractivity contribution in [2.75, 3.05) is 0 Å². The molecule has 2 nitrogen and oxygen atoms in total. The maximum Gasteiger partial charge on any atom is 0.198 e. The maximum atomic E-state index is 5.78. The summed E-state index contributed by atoms with van der Waals surface area (Å²) in [4.78, 5) is 8.15. The lowest BCUT2D eigenvalue weighted by molar-refractivity contribution is 0.565. The first-order chi connectivity index (χ1) is 5.39. The Morgan fingerprint density at radius 3 is 2.33 bits per heavy atom. The van der Waals surface area contributed by atoms with Crippen LogP contribution in [0.1, 0.15) is 26.5 Å². The largest absolute Gasteiger partial charge is 0.227 e. The monoisotopic (exact) mass is 248 g/mol. The maximum absolute atomic E-state index is 5.78. The standard InChI is InChI=1S/C8H10BrClN2/c1-8(2,3)5-4-6(10)12-7(9)11-5/h4H,1-3H3. The Morgan fingerprint density at radius 2 is 1.92 bits per heavy atom. The second kappa shape index (κ2) is 3.30. The second-order valence-corrected chi connectivity index (χ2v) is 4.69. The van der Waals surface area contributed by atoms with Crippen molar-refractivity contribution in [1.29, 1.82) is 0 Å². The molecule has 1 aromatic rings. The molecule has 66 valence electrons. The molecule has 1 aromatic heterocycles. The lowest BCUT2D eigenvalue weighted by atomic mass is 9.92. The van der Waals surface area contributed by atoms with Crippen molar-refractivity contribution in [2.45, 2.75) is 26.2 Å². The van der Waals surface area contributed by atoms with Gasteiger partial charge in [0.25, 0.3) is 0 Å². The Morgan fingerprint density at radius 1 is 1.33 bits per heavy atom. The highest BCUT2D eigenvalue weighted by Crippen LogP contribution is 2.23. The average molecular weight is 250 g/mol. The van der Waals surface area contributed by atoms with Crippen molar-refractivity contribution in [3.8, 4) is 0 Å². The van der Waals surface area contributed by atoms with Gasteiger partial charge in [-0.05, 0) is 22.0 Å². The number of hydrogen-bond donors (Lipinski definition) is 0. The van der Waals surface area contributed by atoms with Crippen molar-refractivity contribution in [3.63, 3.8) is 0 Å². The van der Waals surface area contributed by atoms with Crippen LogP contribution in [0, 0.1) is 0 Å². The molecular formula is C8H10BrClN2. The van der Waals surface area contributed by atoms with Crippen molar-refractivity contribution >= 4 is 27.5 Å². The van der Waals surface area contributed by atoms with Crippen LogP contribution in [-0.4, -0.2) is 9.97 Å². The minimum Gasteiger partial charge on any atom is -0.227 e. The molecule has 1 heterocycles. The highest BCUT2D eigenvalue weighted by molar-refractivity contribution is 9.10. The summed E-state index contributed by atoms with van der Waals surface area (Å²) >= 11 is 8.97. The molecule has 0 saturated heterocycles. The molecule has 0 spiro atoms. The van der Waals surface area contributed by atoms with Crippen LogP contribution >= 0.6 is 27.5 Å². The van der Waals surface area contributed by atoms with Gasteiger partial charge in [0.05, 0.1) is 5.69 Å². The third kappa shape index (κ3) is 2.42. The van der Waals surface area contributed by atoms with Crippen molar-refractivity contribution in [1.82, 2.24) is 9.97 Å². The van der Waals surface area contributed by atoms with Gasteiger partial charge in [-0.2, -0.15) is 0 Å². The van der Waals surface area contributed by atoms with E-state index < -0.39 is 0 Å². The van der Waals surface area contributed by atoms with Crippen molar-refractivity contribution in [2.24, 2.45) is 0 Å². The van der Waals surface area contributed by atoms with E-state index in [-0.39, 0.29) is 5.41 Å². The van der Waals surface area contributed by atoms with Gasteiger partial charge in [-0.1, -0.05) is 32.4 Å². The smallest absolute Gasteiger partial charge is 0.198 e. The molecule has 0 saturated carbocycles. The zero-order valence-electron chi connectivity index (χ0n) is 7.23. The van der Waals surface area contributed by atoms with Gasteiger partial charge in [0.15, 0.2) is 4.73 Å². The highest BCUT2D eigenvalue weighted by Gasteiger charge is 2.16.